The summed E-state index contributed by atoms with van der Waals surface area (Å²) in [6.07, 6.45) is 6.67. The number of benzene rings is 1. The van der Waals surface area contributed by atoms with E-state index in [-0.39, 0.29) is 5.91 Å². The third kappa shape index (κ3) is 3.17. The Bertz CT molecular complexity index is 1000. The first-order chi connectivity index (χ1) is 12.2. The largest absolute Gasteiger partial charge is 0.321 e. The van der Waals surface area contributed by atoms with Crippen molar-refractivity contribution in [2.45, 2.75) is 0 Å². The van der Waals surface area contributed by atoms with Crippen molar-refractivity contribution in [2.75, 3.05) is 5.32 Å². The zero-order valence-corrected chi connectivity index (χ0v) is 14.0. The van der Waals surface area contributed by atoms with Gasteiger partial charge in [0.25, 0.3) is 5.91 Å². The summed E-state index contributed by atoms with van der Waals surface area (Å²) in [6.45, 7) is 0. The van der Waals surface area contributed by atoms with Crippen LogP contribution in [-0.2, 0) is 7.05 Å². The van der Waals surface area contributed by atoms with Gasteiger partial charge in [0.2, 0.25) is 0 Å². The summed E-state index contributed by atoms with van der Waals surface area (Å²) in [6, 6.07) is 7.32. The quantitative estimate of drug-likeness (QED) is 0.609. The van der Waals surface area contributed by atoms with Gasteiger partial charge in [0, 0.05) is 29.9 Å². The Kier molecular flexibility index (Phi) is 3.82. The first kappa shape index (κ1) is 15.2. The van der Waals surface area contributed by atoms with E-state index in [9.17, 15) is 4.79 Å². The fourth-order valence-corrected chi connectivity index (χ4v) is 3.05. The van der Waals surface area contributed by atoms with Crippen LogP contribution in [0.5, 0.6) is 0 Å². The van der Waals surface area contributed by atoms with E-state index in [0.29, 0.717) is 11.4 Å². The van der Waals surface area contributed by atoms with Crippen molar-refractivity contribution in [3.63, 3.8) is 0 Å². The molecule has 1 N–H and O–H groups in total. The molecule has 0 atom stereocenters. The highest BCUT2D eigenvalue weighted by molar-refractivity contribution is 7.13. The molecule has 0 saturated heterocycles. The number of carbonyl (C=O) groups excluding carboxylic acids is 1. The lowest BCUT2D eigenvalue weighted by Gasteiger charge is -2.05. The SMILES string of the molecule is Cn1cc(-c2nc(C(=O)Nc3ccc(-n4cncn4)cc3)cs2)cn1. The number of aryl methyl sites for hydroxylation is 1. The van der Waals surface area contributed by atoms with Crippen molar-refractivity contribution >= 4 is 22.9 Å². The zero-order valence-electron chi connectivity index (χ0n) is 13.2. The summed E-state index contributed by atoms with van der Waals surface area (Å²) in [4.78, 5) is 20.6. The molecule has 8 nitrogen and oxygen atoms in total. The molecule has 0 bridgehead atoms. The van der Waals surface area contributed by atoms with Crippen LogP contribution < -0.4 is 5.32 Å². The summed E-state index contributed by atoms with van der Waals surface area (Å²) in [5.74, 6) is -0.250. The standard InChI is InChI=1S/C16H13N7OS/c1-22-7-11(6-18-22)16-21-14(8-25-16)15(24)20-12-2-4-13(5-3-12)23-10-17-9-19-23/h2-10H,1H3,(H,20,24). The smallest absolute Gasteiger partial charge is 0.275 e. The van der Waals surface area contributed by atoms with E-state index >= 15 is 0 Å². The van der Waals surface area contributed by atoms with Gasteiger partial charge in [-0.25, -0.2) is 14.6 Å². The fraction of sp³-hybridized carbons (Fsp3) is 0.0625. The summed E-state index contributed by atoms with van der Waals surface area (Å²) in [7, 11) is 1.84. The topological polar surface area (TPSA) is 90.5 Å². The molecule has 0 spiro atoms. The average Bonchev–Trinajstić information content (AvgIpc) is 3.36. The molecule has 4 aromatic rings. The van der Waals surface area contributed by atoms with Crippen molar-refractivity contribution < 1.29 is 4.79 Å². The molecule has 0 aliphatic rings. The first-order valence-electron chi connectivity index (χ1n) is 7.40. The molecule has 4 rings (SSSR count). The molecule has 0 aliphatic heterocycles. The van der Waals surface area contributed by atoms with E-state index < -0.39 is 0 Å². The fourth-order valence-electron chi connectivity index (χ4n) is 2.28. The minimum atomic E-state index is -0.250. The van der Waals surface area contributed by atoms with Crippen LogP contribution in [0.3, 0.4) is 0 Å². The molecule has 25 heavy (non-hydrogen) atoms. The molecular weight excluding hydrogens is 338 g/mol. The molecule has 3 aromatic heterocycles. The Morgan fingerprint density at radius 2 is 2.04 bits per heavy atom. The van der Waals surface area contributed by atoms with E-state index in [2.05, 4.69) is 25.5 Å². The number of rotatable bonds is 4. The molecule has 1 aromatic carbocycles. The summed E-state index contributed by atoms with van der Waals surface area (Å²) < 4.78 is 3.35. The van der Waals surface area contributed by atoms with Crippen LogP contribution in [0.1, 0.15) is 10.5 Å². The van der Waals surface area contributed by atoms with Crippen LogP contribution in [-0.4, -0.2) is 35.4 Å². The Labute approximate surface area is 146 Å². The van der Waals surface area contributed by atoms with Crippen molar-refractivity contribution in [2.24, 2.45) is 7.05 Å². The Morgan fingerprint density at radius 3 is 2.72 bits per heavy atom. The van der Waals surface area contributed by atoms with E-state index in [0.717, 1.165) is 16.3 Å². The van der Waals surface area contributed by atoms with E-state index in [4.69, 9.17) is 0 Å². The molecule has 9 heteroatoms. The number of thiazole rings is 1. The number of carbonyl (C=O) groups is 1. The molecule has 124 valence electrons. The van der Waals surface area contributed by atoms with Crippen LogP contribution in [0.2, 0.25) is 0 Å². The van der Waals surface area contributed by atoms with Crippen LogP contribution in [0.4, 0.5) is 5.69 Å². The van der Waals surface area contributed by atoms with Gasteiger partial charge in [-0.05, 0) is 24.3 Å². The lowest BCUT2D eigenvalue weighted by molar-refractivity contribution is 0.102. The summed E-state index contributed by atoms with van der Waals surface area (Å²) in [5.41, 5.74) is 2.82. The zero-order chi connectivity index (χ0) is 17.2. The summed E-state index contributed by atoms with van der Waals surface area (Å²) >= 11 is 1.41. The highest BCUT2D eigenvalue weighted by atomic mass is 32.1. The summed E-state index contributed by atoms with van der Waals surface area (Å²) in [5, 5.41) is 13.5. The normalized spacial score (nSPS) is 10.8. The third-order valence-electron chi connectivity index (χ3n) is 3.50. The van der Waals surface area contributed by atoms with Gasteiger partial charge < -0.3 is 5.32 Å². The predicted molar refractivity (Wildman–Crippen MR) is 93.6 cm³/mol. The number of nitrogens with one attached hydrogen (secondary N) is 1. The van der Waals surface area contributed by atoms with Crippen LogP contribution in [0.25, 0.3) is 16.3 Å². The van der Waals surface area contributed by atoms with Crippen molar-refractivity contribution in [3.8, 4) is 16.3 Å². The minimum absolute atomic E-state index is 0.250. The van der Waals surface area contributed by atoms with Gasteiger partial charge in [-0.2, -0.15) is 10.2 Å². The Balaban J connectivity index is 1.48. The number of anilines is 1. The maximum absolute atomic E-state index is 12.4. The van der Waals surface area contributed by atoms with Gasteiger partial charge in [0.15, 0.2) is 0 Å². The molecule has 3 heterocycles. The lowest BCUT2D eigenvalue weighted by Crippen LogP contribution is -2.12. The highest BCUT2D eigenvalue weighted by Crippen LogP contribution is 2.23. The Morgan fingerprint density at radius 1 is 1.20 bits per heavy atom. The molecule has 1 amide bonds. The molecule has 0 unspecified atom stereocenters. The Hall–Kier alpha value is -3.33. The average molecular weight is 351 g/mol. The lowest BCUT2D eigenvalue weighted by atomic mass is 10.2. The predicted octanol–water partition coefficient (Wildman–Crippen LogP) is 2.38. The number of aromatic nitrogens is 6. The van der Waals surface area contributed by atoms with Crippen molar-refractivity contribution in [1.29, 1.82) is 0 Å². The van der Waals surface area contributed by atoms with E-state index in [1.807, 2.05) is 37.5 Å². The maximum atomic E-state index is 12.4. The maximum Gasteiger partial charge on any atom is 0.275 e. The minimum Gasteiger partial charge on any atom is -0.321 e. The third-order valence-corrected chi connectivity index (χ3v) is 4.39. The van der Waals surface area contributed by atoms with Gasteiger partial charge in [0.1, 0.15) is 23.4 Å². The van der Waals surface area contributed by atoms with Gasteiger partial charge in [-0.15, -0.1) is 11.3 Å². The van der Waals surface area contributed by atoms with Gasteiger partial charge >= 0.3 is 0 Å². The number of hydrogen-bond donors (Lipinski definition) is 1. The van der Waals surface area contributed by atoms with Gasteiger partial charge in [0.05, 0.1) is 11.9 Å². The number of amides is 1. The van der Waals surface area contributed by atoms with Gasteiger partial charge in [-0.1, -0.05) is 0 Å². The molecule has 0 radical (unpaired) electrons. The first-order valence-corrected chi connectivity index (χ1v) is 8.28. The number of nitrogens with zero attached hydrogens (tertiary/aromatic N) is 6. The van der Waals surface area contributed by atoms with Crippen LogP contribution in [0, 0.1) is 0 Å². The van der Waals surface area contributed by atoms with Crippen LogP contribution >= 0.6 is 11.3 Å². The van der Waals surface area contributed by atoms with Crippen molar-refractivity contribution in [3.05, 3.63) is 60.4 Å². The molecule has 0 aliphatic carbocycles. The van der Waals surface area contributed by atoms with E-state index in [1.165, 1.54) is 17.7 Å². The molecule has 0 saturated carbocycles. The monoisotopic (exact) mass is 351 g/mol. The second-order valence-electron chi connectivity index (χ2n) is 5.28. The van der Waals surface area contributed by atoms with E-state index in [1.54, 1.807) is 27.3 Å². The molecule has 0 fully saturated rings. The van der Waals surface area contributed by atoms with Gasteiger partial charge in [-0.3, -0.25) is 9.48 Å². The highest BCUT2D eigenvalue weighted by Gasteiger charge is 2.13. The molecular formula is C16H13N7OS. The number of hydrogen-bond acceptors (Lipinski definition) is 6. The van der Waals surface area contributed by atoms with Crippen LogP contribution in [0.15, 0.2) is 54.7 Å². The second-order valence-corrected chi connectivity index (χ2v) is 6.14. The van der Waals surface area contributed by atoms with Crippen molar-refractivity contribution in [1.82, 2.24) is 29.5 Å². The second kappa shape index (κ2) is 6.29.